The fraction of sp³-hybridized carbons (Fsp3) is 0.238. The van der Waals surface area contributed by atoms with Crippen LogP contribution in [0.25, 0.3) is 16.9 Å². The monoisotopic (exact) mass is 383 g/mol. The van der Waals surface area contributed by atoms with Crippen LogP contribution in [0.15, 0.2) is 59.9 Å². The SMILES string of the molecule is Cc1ccc(-c2cnc(SCC(=O)NC(C)C)n2-c2ccc(F)cc2)cc1. The van der Waals surface area contributed by atoms with Crippen LogP contribution in [0.5, 0.6) is 0 Å². The average molecular weight is 383 g/mol. The quantitative estimate of drug-likeness (QED) is 0.633. The number of carbonyl (C=O) groups excluding carboxylic acids is 1. The van der Waals surface area contributed by atoms with E-state index in [1.54, 1.807) is 18.3 Å². The normalized spacial score (nSPS) is 11.0. The largest absolute Gasteiger partial charge is 0.353 e. The van der Waals surface area contributed by atoms with E-state index in [2.05, 4.69) is 10.3 Å². The molecular weight excluding hydrogens is 361 g/mol. The van der Waals surface area contributed by atoms with Crippen molar-refractivity contribution in [3.05, 3.63) is 66.1 Å². The van der Waals surface area contributed by atoms with E-state index >= 15 is 0 Å². The van der Waals surface area contributed by atoms with E-state index in [1.807, 2.05) is 49.6 Å². The van der Waals surface area contributed by atoms with Crippen LogP contribution in [0, 0.1) is 12.7 Å². The summed E-state index contributed by atoms with van der Waals surface area (Å²) >= 11 is 1.36. The highest BCUT2D eigenvalue weighted by Gasteiger charge is 2.16. The van der Waals surface area contributed by atoms with Gasteiger partial charge in [-0.05, 0) is 45.0 Å². The Morgan fingerprint density at radius 1 is 1.15 bits per heavy atom. The van der Waals surface area contributed by atoms with Gasteiger partial charge in [0.25, 0.3) is 0 Å². The predicted octanol–water partition coefficient (Wildman–Crippen LogP) is 4.60. The zero-order valence-corrected chi connectivity index (χ0v) is 16.4. The number of benzene rings is 2. The summed E-state index contributed by atoms with van der Waals surface area (Å²) in [6, 6.07) is 14.5. The van der Waals surface area contributed by atoms with Crippen molar-refractivity contribution in [2.45, 2.75) is 32.0 Å². The number of imidazole rings is 1. The lowest BCUT2D eigenvalue weighted by atomic mass is 10.1. The third-order valence-corrected chi connectivity index (χ3v) is 4.90. The topological polar surface area (TPSA) is 46.9 Å². The molecule has 1 heterocycles. The van der Waals surface area contributed by atoms with Crippen LogP contribution in [-0.4, -0.2) is 27.3 Å². The summed E-state index contributed by atoms with van der Waals surface area (Å²) in [6.07, 6.45) is 1.79. The van der Waals surface area contributed by atoms with E-state index in [9.17, 15) is 9.18 Å². The number of nitrogens with one attached hydrogen (secondary N) is 1. The summed E-state index contributed by atoms with van der Waals surface area (Å²) in [5, 5.41) is 3.57. The zero-order valence-electron chi connectivity index (χ0n) is 15.6. The Bertz CT molecular complexity index is 918. The fourth-order valence-corrected chi connectivity index (χ4v) is 3.50. The highest BCUT2D eigenvalue weighted by molar-refractivity contribution is 7.99. The van der Waals surface area contributed by atoms with Gasteiger partial charge in [0.2, 0.25) is 5.91 Å². The Kier molecular flexibility index (Phi) is 5.96. The van der Waals surface area contributed by atoms with Crippen molar-refractivity contribution in [1.29, 1.82) is 0 Å². The Balaban J connectivity index is 1.97. The van der Waals surface area contributed by atoms with Gasteiger partial charge in [-0.15, -0.1) is 0 Å². The summed E-state index contributed by atoms with van der Waals surface area (Å²) < 4.78 is 15.3. The predicted molar refractivity (Wildman–Crippen MR) is 108 cm³/mol. The number of amides is 1. The maximum atomic E-state index is 13.4. The minimum atomic E-state index is -0.290. The Hall–Kier alpha value is -2.60. The molecule has 0 aliphatic carbocycles. The van der Waals surface area contributed by atoms with Crippen LogP contribution in [0.1, 0.15) is 19.4 Å². The number of hydrogen-bond acceptors (Lipinski definition) is 3. The third kappa shape index (κ3) is 4.77. The molecule has 0 aliphatic heterocycles. The molecule has 0 aliphatic rings. The minimum absolute atomic E-state index is 0.0412. The zero-order chi connectivity index (χ0) is 19.4. The molecule has 0 saturated heterocycles. The lowest BCUT2D eigenvalue weighted by Crippen LogP contribution is -2.31. The number of aryl methyl sites for hydroxylation is 1. The summed E-state index contributed by atoms with van der Waals surface area (Å²) in [5.74, 6) is -0.0641. The van der Waals surface area contributed by atoms with Crippen LogP contribution >= 0.6 is 11.8 Å². The van der Waals surface area contributed by atoms with Crippen LogP contribution in [-0.2, 0) is 4.79 Å². The number of halogens is 1. The van der Waals surface area contributed by atoms with Crippen molar-refractivity contribution < 1.29 is 9.18 Å². The van der Waals surface area contributed by atoms with Crippen molar-refractivity contribution in [1.82, 2.24) is 14.9 Å². The van der Waals surface area contributed by atoms with Crippen molar-refractivity contribution in [2.24, 2.45) is 0 Å². The summed E-state index contributed by atoms with van der Waals surface area (Å²) in [4.78, 5) is 16.5. The smallest absolute Gasteiger partial charge is 0.230 e. The Morgan fingerprint density at radius 2 is 1.81 bits per heavy atom. The Morgan fingerprint density at radius 3 is 2.44 bits per heavy atom. The van der Waals surface area contributed by atoms with Gasteiger partial charge in [0.05, 0.1) is 17.6 Å². The van der Waals surface area contributed by atoms with E-state index in [0.29, 0.717) is 5.16 Å². The molecule has 0 saturated carbocycles. The van der Waals surface area contributed by atoms with E-state index in [-0.39, 0.29) is 23.5 Å². The molecule has 140 valence electrons. The average Bonchev–Trinajstić information content (AvgIpc) is 3.04. The van der Waals surface area contributed by atoms with Gasteiger partial charge < -0.3 is 5.32 Å². The number of carbonyl (C=O) groups is 1. The van der Waals surface area contributed by atoms with Gasteiger partial charge in [-0.25, -0.2) is 9.37 Å². The highest BCUT2D eigenvalue weighted by Crippen LogP contribution is 2.30. The van der Waals surface area contributed by atoms with Crippen LogP contribution in [0.4, 0.5) is 4.39 Å². The Labute approximate surface area is 162 Å². The van der Waals surface area contributed by atoms with Crippen molar-refractivity contribution in [3.8, 4) is 16.9 Å². The van der Waals surface area contributed by atoms with Crippen molar-refractivity contribution >= 4 is 17.7 Å². The molecule has 0 atom stereocenters. The minimum Gasteiger partial charge on any atom is -0.353 e. The van der Waals surface area contributed by atoms with E-state index < -0.39 is 0 Å². The maximum absolute atomic E-state index is 13.4. The molecule has 0 radical (unpaired) electrons. The number of rotatable bonds is 6. The number of thioether (sulfide) groups is 1. The second kappa shape index (κ2) is 8.39. The first-order valence-electron chi connectivity index (χ1n) is 8.77. The molecule has 6 heteroatoms. The molecule has 1 aromatic heterocycles. The van der Waals surface area contributed by atoms with Crippen LogP contribution in [0.3, 0.4) is 0 Å². The van der Waals surface area contributed by atoms with Crippen molar-refractivity contribution in [3.63, 3.8) is 0 Å². The molecule has 1 N–H and O–H groups in total. The fourth-order valence-electron chi connectivity index (χ4n) is 2.70. The van der Waals surface area contributed by atoms with Gasteiger partial charge in [0, 0.05) is 17.3 Å². The van der Waals surface area contributed by atoms with E-state index in [1.165, 1.54) is 29.5 Å². The molecule has 4 nitrogen and oxygen atoms in total. The first-order chi connectivity index (χ1) is 12.9. The number of nitrogens with zero attached hydrogens (tertiary/aromatic N) is 2. The van der Waals surface area contributed by atoms with Crippen LogP contribution in [0.2, 0.25) is 0 Å². The first-order valence-corrected chi connectivity index (χ1v) is 9.75. The maximum Gasteiger partial charge on any atom is 0.230 e. The third-order valence-electron chi connectivity index (χ3n) is 3.94. The first kappa shape index (κ1) is 19.2. The second-order valence-corrected chi connectivity index (χ2v) is 7.56. The lowest BCUT2D eigenvalue weighted by Gasteiger charge is -2.13. The van der Waals surface area contributed by atoms with Gasteiger partial charge >= 0.3 is 0 Å². The molecule has 2 aromatic carbocycles. The van der Waals surface area contributed by atoms with Gasteiger partial charge in [0.1, 0.15) is 5.82 Å². The number of aromatic nitrogens is 2. The molecule has 0 fully saturated rings. The van der Waals surface area contributed by atoms with Gasteiger partial charge in [-0.1, -0.05) is 41.6 Å². The summed E-state index contributed by atoms with van der Waals surface area (Å²) in [7, 11) is 0. The highest BCUT2D eigenvalue weighted by atomic mass is 32.2. The van der Waals surface area contributed by atoms with Gasteiger partial charge in [0.15, 0.2) is 5.16 Å². The van der Waals surface area contributed by atoms with Crippen molar-refractivity contribution in [2.75, 3.05) is 5.75 Å². The molecule has 1 amide bonds. The molecule has 0 bridgehead atoms. The molecule has 0 unspecified atom stereocenters. The molecular formula is C21H22FN3OS. The van der Waals surface area contributed by atoms with Gasteiger partial charge in [-0.3, -0.25) is 9.36 Å². The molecule has 3 rings (SSSR count). The van der Waals surface area contributed by atoms with Gasteiger partial charge in [-0.2, -0.15) is 0 Å². The second-order valence-electron chi connectivity index (χ2n) is 6.61. The van der Waals surface area contributed by atoms with Crippen LogP contribution < -0.4 is 5.32 Å². The summed E-state index contributed by atoms with van der Waals surface area (Å²) in [6.45, 7) is 5.89. The van der Waals surface area contributed by atoms with E-state index in [0.717, 1.165) is 16.9 Å². The number of hydrogen-bond donors (Lipinski definition) is 1. The summed E-state index contributed by atoms with van der Waals surface area (Å²) in [5.41, 5.74) is 3.88. The standard InChI is InChI=1S/C21H22FN3OS/c1-14(2)24-20(26)13-27-21-23-12-19(16-6-4-15(3)5-7-16)25(21)18-10-8-17(22)9-11-18/h4-12,14H,13H2,1-3H3,(H,24,26). The molecule has 27 heavy (non-hydrogen) atoms. The molecule has 0 spiro atoms. The lowest BCUT2D eigenvalue weighted by molar-refractivity contribution is -0.119. The van der Waals surface area contributed by atoms with E-state index in [4.69, 9.17) is 0 Å². The molecule has 3 aromatic rings.